The molecule has 2 rings (SSSR count). The largest absolute Gasteiger partial charge is 0.487 e. The van der Waals surface area contributed by atoms with Gasteiger partial charge in [0.1, 0.15) is 30.9 Å². The number of nitrogens with zero attached hydrogens (tertiary/aromatic N) is 1. The predicted octanol–water partition coefficient (Wildman–Crippen LogP) is 9.54. The van der Waals surface area contributed by atoms with Crippen molar-refractivity contribution in [3.8, 4) is 5.75 Å². The predicted molar refractivity (Wildman–Crippen MR) is 173 cm³/mol. The number of quaternary nitrogens is 1. The van der Waals surface area contributed by atoms with Crippen LogP contribution in [0.2, 0.25) is 0 Å². The number of unbranched alkanes of at least 4 members (excludes halogenated alkanes) is 11. The molecule has 2 atom stereocenters. The van der Waals surface area contributed by atoms with E-state index in [1.165, 1.54) is 88.2 Å². The van der Waals surface area contributed by atoms with Crippen molar-refractivity contribution in [2.45, 2.75) is 123 Å². The summed E-state index contributed by atoms with van der Waals surface area (Å²) in [7, 11) is 4.37. The summed E-state index contributed by atoms with van der Waals surface area (Å²) in [6.45, 7) is 8.25. The van der Waals surface area contributed by atoms with Crippen molar-refractivity contribution in [2.24, 2.45) is 5.92 Å². The Morgan fingerprint density at radius 1 is 0.756 bits per heavy atom. The van der Waals surface area contributed by atoms with Gasteiger partial charge in [-0.1, -0.05) is 133 Å². The van der Waals surface area contributed by atoms with Crippen molar-refractivity contribution < 1.29 is 18.8 Å². The first kappa shape index (κ1) is 34.9. The van der Waals surface area contributed by atoms with Crippen molar-refractivity contribution in [2.75, 3.05) is 27.2 Å². The Balaban J connectivity index is 1.67. The van der Waals surface area contributed by atoms with Gasteiger partial charge in [0.05, 0.1) is 20.6 Å². The van der Waals surface area contributed by atoms with Crippen LogP contribution in [0.3, 0.4) is 0 Å². The lowest BCUT2D eigenvalue weighted by molar-refractivity contribution is -0.906. The van der Waals surface area contributed by atoms with Gasteiger partial charge in [-0.3, -0.25) is 4.79 Å². The summed E-state index contributed by atoms with van der Waals surface area (Å²) in [6.07, 6.45) is 17.9. The number of rotatable bonds is 23. The van der Waals surface area contributed by atoms with Crippen molar-refractivity contribution in [1.82, 2.24) is 0 Å². The van der Waals surface area contributed by atoms with Gasteiger partial charge in [0.25, 0.3) is 0 Å². The molecule has 0 spiro atoms. The van der Waals surface area contributed by atoms with Crippen LogP contribution in [0.5, 0.6) is 5.75 Å². The van der Waals surface area contributed by atoms with Crippen LogP contribution < -0.4 is 4.74 Å². The maximum atomic E-state index is 13.0. The van der Waals surface area contributed by atoms with Crippen molar-refractivity contribution >= 4 is 5.97 Å². The SMILES string of the molecule is CCCCCCCCCCCCCCc1ccccc1OC(C)COC(=O)C(CC)C[N+](C)(C)Cc1ccccc1. The molecule has 4 heteroatoms. The third-order valence-corrected chi connectivity index (χ3v) is 8.05. The van der Waals surface area contributed by atoms with E-state index in [2.05, 4.69) is 64.3 Å². The van der Waals surface area contributed by atoms with Crippen molar-refractivity contribution in [3.05, 3.63) is 65.7 Å². The lowest BCUT2D eigenvalue weighted by atomic mass is 10.0. The second kappa shape index (κ2) is 20.5. The molecular formula is C37H60NO3+. The Kier molecular flexibility index (Phi) is 17.5. The third kappa shape index (κ3) is 15.5. The van der Waals surface area contributed by atoms with Gasteiger partial charge < -0.3 is 14.0 Å². The van der Waals surface area contributed by atoms with Crippen molar-refractivity contribution in [1.29, 1.82) is 0 Å². The van der Waals surface area contributed by atoms with E-state index < -0.39 is 0 Å². The topological polar surface area (TPSA) is 35.5 Å². The Bertz CT molecular complexity index is 942. The molecule has 0 aliphatic carbocycles. The minimum absolute atomic E-state index is 0.119. The van der Waals surface area contributed by atoms with Gasteiger partial charge >= 0.3 is 5.97 Å². The van der Waals surface area contributed by atoms with E-state index in [0.717, 1.165) is 36.2 Å². The van der Waals surface area contributed by atoms with Crippen LogP contribution in [-0.4, -0.2) is 43.8 Å². The average Bonchev–Trinajstić information content (AvgIpc) is 2.96. The molecule has 0 saturated heterocycles. The minimum Gasteiger partial charge on any atom is -0.487 e. The van der Waals surface area contributed by atoms with Gasteiger partial charge in [-0.05, 0) is 37.8 Å². The first-order valence-electron chi connectivity index (χ1n) is 16.6. The Morgan fingerprint density at radius 2 is 1.32 bits per heavy atom. The van der Waals surface area contributed by atoms with Gasteiger partial charge in [-0.15, -0.1) is 0 Å². The number of hydrogen-bond donors (Lipinski definition) is 0. The molecule has 4 nitrogen and oxygen atoms in total. The standard InChI is InChI=1S/C37H60NO3/c1-6-8-9-10-11-12-13-14-15-16-17-21-26-35-27-22-23-28-36(35)41-32(3)31-40-37(39)34(7-2)30-38(4,5)29-33-24-19-18-20-25-33/h18-20,22-25,27-28,32,34H,6-17,21,26,29-31H2,1-5H3/q+1. The first-order chi connectivity index (χ1) is 19.8. The highest BCUT2D eigenvalue weighted by Gasteiger charge is 2.28. The minimum atomic E-state index is -0.189. The summed E-state index contributed by atoms with van der Waals surface area (Å²) in [5.41, 5.74) is 2.54. The highest BCUT2D eigenvalue weighted by atomic mass is 16.6. The van der Waals surface area contributed by atoms with Gasteiger partial charge in [0.2, 0.25) is 0 Å². The van der Waals surface area contributed by atoms with Gasteiger partial charge in [0.15, 0.2) is 0 Å². The number of benzene rings is 2. The smallest absolute Gasteiger partial charge is 0.314 e. The van der Waals surface area contributed by atoms with Crippen LogP contribution in [-0.2, 0) is 22.5 Å². The molecular weight excluding hydrogens is 506 g/mol. The summed E-state index contributed by atoms with van der Waals surface area (Å²) >= 11 is 0. The lowest BCUT2D eigenvalue weighted by Gasteiger charge is -2.32. The zero-order chi connectivity index (χ0) is 29.8. The number of aryl methyl sites for hydroxylation is 1. The fourth-order valence-electron chi connectivity index (χ4n) is 5.66. The second-order valence-electron chi connectivity index (χ2n) is 12.7. The molecule has 0 aromatic heterocycles. The van der Waals surface area contributed by atoms with Gasteiger partial charge in [-0.25, -0.2) is 0 Å². The fourth-order valence-corrected chi connectivity index (χ4v) is 5.66. The summed E-state index contributed by atoms with van der Waals surface area (Å²) in [4.78, 5) is 13.0. The molecule has 0 aliphatic rings. The maximum absolute atomic E-state index is 13.0. The molecule has 0 radical (unpaired) electrons. The van der Waals surface area contributed by atoms with E-state index in [0.29, 0.717) is 0 Å². The highest BCUT2D eigenvalue weighted by molar-refractivity contribution is 5.72. The number of para-hydroxylation sites is 1. The molecule has 2 aromatic carbocycles. The van der Waals surface area contributed by atoms with Crippen molar-refractivity contribution in [3.63, 3.8) is 0 Å². The molecule has 0 saturated carbocycles. The van der Waals surface area contributed by atoms with E-state index in [4.69, 9.17) is 9.47 Å². The van der Waals surface area contributed by atoms with Gasteiger partial charge in [0, 0.05) is 5.56 Å². The zero-order valence-corrected chi connectivity index (χ0v) is 27.0. The molecule has 41 heavy (non-hydrogen) atoms. The average molecular weight is 567 g/mol. The lowest BCUT2D eigenvalue weighted by Crippen LogP contribution is -2.45. The van der Waals surface area contributed by atoms with Crippen LogP contribution in [0.25, 0.3) is 0 Å². The third-order valence-electron chi connectivity index (χ3n) is 8.05. The monoisotopic (exact) mass is 566 g/mol. The molecule has 0 heterocycles. The van der Waals surface area contributed by atoms with Crippen LogP contribution in [0.4, 0.5) is 0 Å². The molecule has 0 N–H and O–H groups in total. The van der Waals surface area contributed by atoms with E-state index in [1.807, 2.05) is 25.1 Å². The van der Waals surface area contributed by atoms with E-state index >= 15 is 0 Å². The van der Waals surface area contributed by atoms with Crippen LogP contribution >= 0.6 is 0 Å². The first-order valence-corrected chi connectivity index (χ1v) is 16.6. The molecule has 0 bridgehead atoms. The second-order valence-corrected chi connectivity index (χ2v) is 12.7. The Hall–Kier alpha value is -2.33. The molecule has 0 aliphatic heterocycles. The Labute approximate surface area is 252 Å². The number of hydrogen-bond acceptors (Lipinski definition) is 3. The highest BCUT2D eigenvalue weighted by Crippen LogP contribution is 2.23. The van der Waals surface area contributed by atoms with Gasteiger partial charge in [-0.2, -0.15) is 0 Å². The summed E-state index contributed by atoms with van der Waals surface area (Å²) in [5.74, 6) is 0.679. The fraction of sp³-hybridized carbons (Fsp3) is 0.649. The summed E-state index contributed by atoms with van der Waals surface area (Å²) in [5, 5.41) is 0. The van der Waals surface area contributed by atoms with Crippen LogP contribution in [0, 0.1) is 5.92 Å². The van der Waals surface area contributed by atoms with E-state index in [1.54, 1.807) is 0 Å². The molecule has 0 fully saturated rings. The maximum Gasteiger partial charge on any atom is 0.314 e. The molecule has 0 amide bonds. The number of ether oxygens (including phenoxy) is 2. The quantitative estimate of drug-likeness (QED) is 0.0763. The normalized spacial score (nSPS) is 13.1. The van der Waals surface area contributed by atoms with E-state index in [-0.39, 0.29) is 24.6 Å². The van der Waals surface area contributed by atoms with Crippen LogP contribution in [0.1, 0.15) is 115 Å². The molecule has 2 aromatic rings. The van der Waals surface area contributed by atoms with Crippen LogP contribution in [0.15, 0.2) is 54.6 Å². The molecule has 230 valence electrons. The zero-order valence-electron chi connectivity index (χ0n) is 27.0. The molecule has 2 unspecified atom stereocenters. The summed E-state index contributed by atoms with van der Waals surface area (Å²) in [6, 6.07) is 18.8. The summed E-state index contributed by atoms with van der Waals surface area (Å²) < 4.78 is 12.8. The number of esters is 1. The van der Waals surface area contributed by atoms with E-state index in [9.17, 15) is 4.79 Å². The Morgan fingerprint density at radius 3 is 1.93 bits per heavy atom. The number of carbonyl (C=O) groups excluding carboxylic acids is 1. The number of carbonyl (C=O) groups is 1.